The van der Waals surface area contributed by atoms with Crippen LogP contribution in [0.2, 0.25) is 0 Å². The number of hydrogen-bond donors (Lipinski definition) is 1. The first-order chi connectivity index (χ1) is 13.7. The standard InChI is InChI=1S/C20H28N4O4.ClH/c1-2-19-22-18(23-28-19)14-27-16-6-4-15(5-7-16)20(25)24-11-8-17(9-12-24)26-13-3-10-21;/h4-7,17H,2-3,8-14,21H2,1H3;1H. The molecule has 9 heteroatoms. The van der Waals surface area contributed by atoms with E-state index in [0.717, 1.165) is 19.3 Å². The molecule has 160 valence electrons. The molecule has 1 aromatic carbocycles. The number of piperidine rings is 1. The molecule has 0 aliphatic carbocycles. The molecule has 0 radical (unpaired) electrons. The van der Waals surface area contributed by atoms with Gasteiger partial charge in [0.05, 0.1) is 6.10 Å². The average Bonchev–Trinajstić information content (AvgIpc) is 3.21. The molecule has 29 heavy (non-hydrogen) atoms. The molecule has 1 aromatic heterocycles. The van der Waals surface area contributed by atoms with Crippen LogP contribution in [0.25, 0.3) is 0 Å². The van der Waals surface area contributed by atoms with Gasteiger partial charge in [0, 0.05) is 31.7 Å². The maximum atomic E-state index is 12.7. The van der Waals surface area contributed by atoms with Gasteiger partial charge in [-0.1, -0.05) is 12.1 Å². The van der Waals surface area contributed by atoms with Gasteiger partial charge in [-0.2, -0.15) is 4.98 Å². The van der Waals surface area contributed by atoms with Gasteiger partial charge >= 0.3 is 0 Å². The van der Waals surface area contributed by atoms with E-state index >= 15 is 0 Å². The van der Waals surface area contributed by atoms with Crippen molar-refractivity contribution in [3.8, 4) is 5.75 Å². The van der Waals surface area contributed by atoms with Crippen LogP contribution >= 0.6 is 12.4 Å². The fourth-order valence-corrected chi connectivity index (χ4v) is 3.08. The normalized spacial score (nSPS) is 14.5. The largest absolute Gasteiger partial charge is 0.485 e. The van der Waals surface area contributed by atoms with E-state index < -0.39 is 0 Å². The van der Waals surface area contributed by atoms with Crippen molar-refractivity contribution in [1.29, 1.82) is 0 Å². The number of nitrogens with two attached hydrogens (primary N) is 1. The second-order valence-corrected chi connectivity index (χ2v) is 6.78. The zero-order chi connectivity index (χ0) is 19.8. The summed E-state index contributed by atoms with van der Waals surface area (Å²) < 4.78 is 16.5. The number of carbonyl (C=O) groups is 1. The number of halogens is 1. The molecule has 0 saturated carbocycles. The van der Waals surface area contributed by atoms with Crippen LogP contribution in [0.15, 0.2) is 28.8 Å². The Hall–Kier alpha value is -2.16. The summed E-state index contributed by atoms with van der Waals surface area (Å²) in [5, 5.41) is 3.85. The Bertz CT molecular complexity index is 745. The quantitative estimate of drug-likeness (QED) is 0.617. The van der Waals surface area contributed by atoms with E-state index in [2.05, 4.69) is 10.1 Å². The summed E-state index contributed by atoms with van der Waals surface area (Å²) in [5.74, 6) is 1.80. The number of benzene rings is 1. The molecule has 3 rings (SSSR count). The summed E-state index contributed by atoms with van der Waals surface area (Å²) in [6, 6.07) is 7.15. The molecule has 0 bridgehead atoms. The van der Waals surface area contributed by atoms with Crippen molar-refractivity contribution in [2.24, 2.45) is 5.73 Å². The molecule has 2 aromatic rings. The maximum Gasteiger partial charge on any atom is 0.253 e. The van der Waals surface area contributed by atoms with Crippen molar-refractivity contribution in [2.75, 3.05) is 26.2 Å². The first-order valence-corrected chi connectivity index (χ1v) is 9.85. The summed E-state index contributed by atoms with van der Waals surface area (Å²) in [6.07, 6.45) is 3.52. The molecular weight excluding hydrogens is 396 g/mol. The lowest BCUT2D eigenvalue weighted by Crippen LogP contribution is -2.41. The third-order valence-corrected chi connectivity index (χ3v) is 4.71. The molecule has 0 unspecified atom stereocenters. The molecule has 1 fully saturated rings. The van der Waals surface area contributed by atoms with Crippen LogP contribution in [-0.2, 0) is 17.8 Å². The van der Waals surface area contributed by atoms with Gasteiger partial charge in [-0.25, -0.2) is 0 Å². The van der Waals surface area contributed by atoms with Crippen LogP contribution in [0.3, 0.4) is 0 Å². The first-order valence-electron chi connectivity index (χ1n) is 9.85. The fourth-order valence-electron chi connectivity index (χ4n) is 3.08. The van der Waals surface area contributed by atoms with E-state index in [0.29, 0.717) is 55.7 Å². The zero-order valence-corrected chi connectivity index (χ0v) is 17.5. The fraction of sp³-hybridized carbons (Fsp3) is 0.550. The van der Waals surface area contributed by atoms with E-state index in [-0.39, 0.29) is 31.0 Å². The van der Waals surface area contributed by atoms with E-state index in [9.17, 15) is 4.79 Å². The Kier molecular flexibility index (Phi) is 9.37. The number of aromatic nitrogens is 2. The molecule has 2 N–H and O–H groups in total. The highest BCUT2D eigenvalue weighted by molar-refractivity contribution is 5.94. The predicted octanol–water partition coefficient (Wildman–Crippen LogP) is 2.60. The Balaban J connectivity index is 0.00000300. The number of carbonyl (C=O) groups excluding carboxylic acids is 1. The minimum atomic E-state index is 0. The van der Waals surface area contributed by atoms with E-state index in [4.69, 9.17) is 19.7 Å². The van der Waals surface area contributed by atoms with Crippen LogP contribution < -0.4 is 10.5 Å². The van der Waals surface area contributed by atoms with Gasteiger partial charge in [0.25, 0.3) is 5.91 Å². The van der Waals surface area contributed by atoms with Crippen molar-refractivity contribution in [2.45, 2.75) is 45.3 Å². The minimum absolute atomic E-state index is 0. The molecule has 0 atom stereocenters. The maximum absolute atomic E-state index is 12.7. The predicted molar refractivity (Wildman–Crippen MR) is 110 cm³/mol. The Labute approximate surface area is 177 Å². The molecule has 1 amide bonds. The molecule has 1 aliphatic heterocycles. The Morgan fingerprint density at radius 2 is 2.00 bits per heavy atom. The number of aryl methyl sites for hydroxylation is 1. The van der Waals surface area contributed by atoms with Crippen LogP contribution in [0, 0.1) is 0 Å². The summed E-state index contributed by atoms with van der Waals surface area (Å²) in [6.45, 7) is 4.94. The number of nitrogens with zero attached hydrogens (tertiary/aromatic N) is 3. The highest BCUT2D eigenvalue weighted by Gasteiger charge is 2.24. The second-order valence-electron chi connectivity index (χ2n) is 6.78. The van der Waals surface area contributed by atoms with Crippen LogP contribution in [0.1, 0.15) is 48.3 Å². The van der Waals surface area contributed by atoms with Crippen molar-refractivity contribution < 1.29 is 18.8 Å². The topological polar surface area (TPSA) is 104 Å². The smallest absolute Gasteiger partial charge is 0.253 e. The summed E-state index contributed by atoms with van der Waals surface area (Å²) in [4.78, 5) is 18.8. The van der Waals surface area contributed by atoms with Crippen molar-refractivity contribution >= 4 is 18.3 Å². The van der Waals surface area contributed by atoms with E-state index in [1.165, 1.54) is 0 Å². The van der Waals surface area contributed by atoms with Gasteiger partial charge in [-0.05, 0) is 50.1 Å². The van der Waals surface area contributed by atoms with E-state index in [1.807, 2.05) is 11.8 Å². The van der Waals surface area contributed by atoms with E-state index in [1.54, 1.807) is 24.3 Å². The van der Waals surface area contributed by atoms with Crippen molar-refractivity contribution in [1.82, 2.24) is 15.0 Å². The van der Waals surface area contributed by atoms with Gasteiger partial charge in [0.2, 0.25) is 11.7 Å². The third-order valence-electron chi connectivity index (χ3n) is 4.71. The van der Waals surface area contributed by atoms with Gasteiger partial charge in [-0.15, -0.1) is 12.4 Å². The lowest BCUT2D eigenvalue weighted by atomic mass is 10.1. The molecule has 8 nitrogen and oxygen atoms in total. The SMILES string of the molecule is CCc1nc(COc2ccc(C(=O)N3CCC(OCCCN)CC3)cc2)no1.Cl. The molecule has 0 spiro atoms. The van der Waals surface area contributed by atoms with Crippen molar-refractivity contribution in [3.63, 3.8) is 0 Å². The monoisotopic (exact) mass is 424 g/mol. The minimum Gasteiger partial charge on any atom is -0.485 e. The highest BCUT2D eigenvalue weighted by Crippen LogP contribution is 2.19. The van der Waals surface area contributed by atoms with Gasteiger partial charge in [0.1, 0.15) is 5.75 Å². The molecule has 1 saturated heterocycles. The lowest BCUT2D eigenvalue weighted by Gasteiger charge is -2.32. The number of ether oxygens (including phenoxy) is 2. The Morgan fingerprint density at radius 3 is 2.62 bits per heavy atom. The number of rotatable bonds is 9. The van der Waals surface area contributed by atoms with Gasteiger partial charge in [-0.3, -0.25) is 4.79 Å². The van der Waals surface area contributed by atoms with Crippen LogP contribution in [0.4, 0.5) is 0 Å². The number of hydrogen-bond acceptors (Lipinski definition) is 7. The number of amides is 1. The summed E-state index contributed by atoms with van der Waals surface area (Å²) >= 11 is 0. The lowest BCUT2D eigenvalue weighted by molar-refractivity contribution is 0.00844. The van der Waals surface area contributed by atoms with Crippen molar-refractivity contribution in [3.05, 3.63) is 41.5 Å². The van der Waals surface area contributed by atoms with Crippen LogP contribution in [0.5, 0.6) is 5.75 Å². The van der Waals surface area contributed by atoms with Crippen LogP contribution in [-0.4, -0.2) is 53.3 Å². The molecule has 2 heterocycles. The van der Waals surface area contributed by atoms with Gasteiger partial charge in [0.15, 0.2) is 6.61 Å². The number of likely N-dealkylation sites (tertiary alicyclic amines) is 1. The average molecular weight is 425 g/mol. The Morgan fingerprint density at radius 1 is 1.28 bits per heavy atom. The summed E-state index contributed by atoms with van der Waals surface area (Å²) in [7, 11) is 0. The highest BCUT2D eigenvalue weighted by atomic mass is 35.5. The second kappa shape index (κ2) is 11.7. The summed E-state index contributed by atoms with van der Waals surface area (Å²) in [5.41, 5.74) is 6.14. The molecular formula is C20H29ClN4O4. The van der Waals surface area contributed by atoms with Gasteiger partial charge < -0.3 is 24.6 Å². The third kappa shape index (κ3) is 6.69. The molecule has 1 aliphatic rings. The first kappa shape index (κ1) is 23.1. The zero-order valence-electron chi connectivity index (χ0n) is 16.7.